The van der Waals surface area contributed by atoms with Gasteiger partial charge < -0.3 is 10.4 Å². The zero-order valence-electron chi connectivity index (χ0n) is 10.00. The van der Waals surface area contributed by atoms with Crippen molar-refractivity contribution in [3.05, 3.63) is 0 Å². The van der Waals surface area contributed by atoms with E-state index >= 15 is 0 Å². The van der Waals surface area contributed by atoms with E-state index in [-0.39, 0.29) is 0 Å². The summed E-state index contributed by atoms with van der Waals surface area (Å²) in [6, 6.07) is 0. The van der Waals surface area contributed by atoms with Gasteiger partial charge in [0.1, 0.15) is 0 Å². The molecule has 1 aliphatic rings. The highest BCUT2D eigenvalue weighted by molar-refractivity contribution is 5.07. The molecule has 14 heavy (non-hydrogen) atoms. The summed E-state index contributed by atoms with van der Waals surface area (Å²) in [6.07, 6.45) is 0. The topological polar surface area (TPSA) is 46.9 Å². The van der Waals surface area contributed by atoms with E-state index < -0.39 is 16.6 Å². The first-order valence-corrected chi connectivity index (χ1v) is 4.99. The molecule has 4 heteroatoms. The summed E-state index contributed by atoms with van der Waals surface area (Å²) < 4.78 is 0. The second-order valence-corrected chi connectivity index (χ2v) is 5.80. The maximum absolute atomic E-state index is 10.1. The van der Waals surface area contributed by atoms with Gasteiger partial charge in [0.2, 0.25) is 0 Å². The van der Waals surface area contributed by atoms with Crippen molar-refractivity contribution < 1.29 is 10.4 Å². The van der Waals surface area contributed by atoms with Crippen molar-refractivity contribution in [1.29, 1.82) is 0 Å². The molecule has 0 aromatic heterocycles. The Morgan fingerprint density at radius 2 is 1.29 bits per heavy atom. The standard InChI is InChI=1S/C10H22N2O2/c1-8(2)7-11(13)9(3,4)10(5,6)12(8)14/h13-14H,7H2,1-6H3. The van der Waals surface area contributed by atoms with Crippen LogP contribution >= 0.6 is 0 Å². The van der Waals surface area contributed by atoms with Gasteiger partial charge in [-0.3, -0.25) is 0 Å². The second kappa shape index (κ2) is 2.92. The molecular weight excluding hydrogens is 180 g/mol. The van der Waals surface area contributed by atoms with Gasteiger partial charge in [-0.15, -0.1) is 0 Å². The fourth-order valence-corrected chi connectivity index (χ4v) is 1.96. The van der Waals surface area contributed by atoms with Crippen molar-refractivity contribution in [2.75, 3.05) is 6.54 Å². The van der Waals surface area contributed by atoms with Gasteiger partial charge in [0.25, 0.3) is 0 Å². The lowest BCUT2D eigenvalue weighted by molar-refractivity contribution is -0.341. The van der Waals surface area contributed by atoms with Crippen LogP contribution in [0, 0.1) is 0 Å². The predicted octanol–water partition coefficient (Wildman–Crippen LogP) is 1.72. The molecule has 1 aliphatic heterocycles. The second-order valence-electron chi connectivity index (χ2n) is 5.80. The number of piperazine rings is 1. The van der Waals surface area contributed by atoms with Crippen LogP contribution in [0.5, 0.6) is 0 Å². The van der Waals surface area contributed by atoms with Gasteiger partial charge in [0.15, 0.2) is 0 Å². The van der Waals surface area contributed by atoms with Crippen LogP contribution in [0.3, 0.4) is 0 Å². The van der Waals surface area contributed by atoms with Crippen molar-refractivity contribution in [2.24, 2.45) is 0 Å². The molecule has 0 unspecified atom stereocenters. The van der Waals surface area contributed by atoms with Crippen molar-refractivity contribution >= 4 is 0 Å². The van der Waals surface area contributed by atoms with E-state index in [2.05, 4.69) is 0 Å². The molecule has 0 aliphatic carbocycles. The summed E-state index contributed by atoms with van der Waals surface area (Å²) in [5, 5.41) is 22.7. The highest BCUT2D eigenvalue weighted by Crippen LogP contribution is 2.40. The van der Waals surface area contributed by atoms with Gasteiger partial charge in [-0.1, -0.05) is 0 Å². The van der Waals surface area contributed by atoms with E-state index in [1.807, 2.05) is 41.5 Å². The molecule has 2 N–H and O–H groups in total. The highest BCUT2D eigenvalue weighted by atomic mass is 16.5. The third-order valence-electron chi connectivity index (χ3n) is 3.78. The minimum absolute atomic E-state index is 0.430. The van der Waals surface area contributed by atoms with Gasteiger partial charge in [0, 0.05) is 6.54 Å². The Hall–Kier alpha value is -0.160. The Morgan fingerprint density at radius 3 is 1.71 bits per heavy atom. The average molecular weight is 202 g/mol. The average Bonchev–Trinajstić information content (AvgIpc) is 1.99. The molecule has 0 radical (unpaired) electrons. The molecular formula is C10H22N2O2. The number of hydroxylamine groups is 4. The van der Waals surface area contributed by atoms with Crippen molar-refractivity contribution in [3.8, 4) is 0 Å². The minimum atomic E-state index is -0.497. The van der Waals surface area contributed by atoms with E-state index in [1.54, 1.807) is 0 Å². The minimum Gasteiger partial charge on any atom is -0.313 e. The van der Waals surface area contributed by atoms with Gasteiger partial charge in [-0.25, -0.2) is 0 Å². The van der Waals surface area contributed by atoms with Crippen LogP contribution < -0.4 is 0 Å². The lowest BCUT2D eigenvalue weighted by Crippen LogP contribution is -2.75. The van der Waals surface area contributed by atoms with Gasteiger partial charge in [-0.05, 0) is 41.5 Å². The monoisotopic (exact) mass is 202 g/mol. The Bertz CT molecular complexity index is 236. The fraction of sp³-hybridized carbons (Fsp3) is 1.00. The van der Waals surface area contributed by atoms with Gasteiger partial charge in [0.05, 0.1) is 16.6 Å². The van der Waals surface area contributed by atoms with Crippen LogP contribution in [-0.4, -0.2) is 43.7 Å². The number of hydrogen-bond donors (Lipinski definition) is 2. The molecule has 1 rings (SSSR count). The summed E-state index contributed by atoms with van der Waals surface area (Å²) in [7, 11) is 0. The van der Waals surface area contributed by atoms with Crippen LogP contribution in [0.2, 0.25) is 0 Å². The lowest BCUT2D eigenvalue weighted by atomic mass is 9.76. The maximum Gasteiger partial charge on any atom is 0.0611 e. The van der Waals surface area contributed by atoms with Crippen molar-refractivity contribution in [1.82, 2.24) is 10.1 Å². The molecule has 0 bridgehead atoms. The van der Waals surface area contributed by atoms with Crippen LogP contribution in [0.1, 0.15) is 41.5 Å². The van der Waals surface area contributed by atoms with Crippen molar-refractivity contribution in [2.45, 2.75) is 58.2 Å². The fourth-order valence-electron chi connectivity index (χ4n) is 1.96. The van der Waals surface area contributed by atoms with Crippen LogP contribution in [0.4, 0.5) is 0 Å². The molecule has 0 saturated carbocycles. The quantitative estimate of drug-likeness (QED) is 0.628. The zero-order valence-corrected chi connectivity index (χ0v) is 10.00. The van der Waals surface area contributed by atoms with Gasteiger partial charge >= 0.3 is 0 Å². The lowest BCUT2D eigenvalue weighted by Gasteiger charge is -2.59. The summed E-state index contributed by atoms with van der Waals surface area (Å²) >= 11 is 0. The SMILES string of the molecule is CC1(C)CN(O)C(C)(C)C(C)(C)N1O. The Morgan fingerprint density at radius 1 is 0.857 bits per heavy atom. The molecule has 0 spiro atoms. The Balaban J connectivity index is 3.12. The molecule has 84 valence electrons. The molecule has 0 atom stereocenters. The third kappa shape index (κ3) is 1.37. The maximum atomic E-state index is 10.1. The Kier molecular flexibility index (Phi) is 2.48. The molecule has 0 aromatic carbocycles. The van der Waals surface area contributed by atoms with Crippen LogP contribution in [0.15, 0.2) is 0 Å². The zero-order chi connectivity index (χ0) is 11.4. The number of nitrogens with zero attached hydrogens (tertiary/aromatic N) is 2. The van der Waals surface area contributed by atoms with E-state index in [4.69, 9.17) is 0 Å². The van der Waals surface area contributed by atoms with Crippen LogP contribution in [0.25, 0.3) is 0 Å². The predicted molar refractivity (Wildman–Crippen MR) is 54.4 cm³/mol. The summed E-state index contributed by atoms with van der Waals surface area (Å²) in [4.78, 5) is 0. The smallest absolute Gasteiger partial charge is 0.0611 e. The number of hydrogen-bond acceptors (Lipinski definition) is 4. The molecule has 1 heterocycles. The first kappa shape index (κ1) is 11.9. The van der Waals surface area contributed by atoms with E-state index in [9.17, 15) is 10.4 Å². The first-order valence-electron chi connectivity index (χ1n) is 4.99. The highest BCUT2D eigenvalue weighted by Gasteiger charge is 2.55. The summed E-state index contributed by atoms with van der Waals surface area (Å²) in [5.41, 5.74) is -1.41. The molecule has 0 amide bonds. The largest absolute Gasteiger partial charge is 0.313 e. The third-order valence-corrected chi connectivity index (χ3v) is 3.78. The van der Waals surface area contributed by atoms with Gasteiger partial charge in [-0.2, -0.15) is 10.1 Å². The number of rotatable bonds is 0. The first-order chi connectivity index (χ1) is 6.03. The molecule has 1 saturated heterocycles. The summed E-state index contributed by atoms with van der Waals surface area (Å²) in [5.74, 6) is 0. The molecule has 1 fully saturated rings. The van der Waals surface area contributed by atoms with Crippen molar-refractivity contribution in [3.63, 3.8) is 0 Å². The Labute approximate surface area is 86.0 Å². The molecule has 4 nitrogen and oxygen atoms in total. The molecule has 0 aromatic rings. The van der Waals surface area contributed by atoms with E-state index in [0.717, 1.165) is 0 Å². The summed E-state index contributed by atoms with van der Waals surface area (Å²) in [6.45, 7) is 11.9. The van der Waals surface area contributed by atoms with Crippen LogP contribution in [-0.2, 0) is 0 Å². The van der Waals surface area contributed by atoms with E-state index in [1.165, 1.54) is 10.1 Å². The normalized spacial score (nSPS) is 31.7. The van der Waals surface area contributed by atoms with E-state index in [0.29, 0.717) is 6.54 Å².